The van der Waals surface area contributed by atoms with Crippen molar-refractivity contribution < 1.29 is 29.6 Å². The van der Waals surface area contributed by atoms with E-state index in [-0.39, 0.29) is 42.5 Å². The van der Waals surface area contributed by atoms with Crippen molar-refractivity contribution in [3.8, 4) is 5.75 Å². The lowest BCUT2D eigenvalue weighted by atomic mass is 9.77. The van der Waals surface area contributed by atoms with E-state index in [9.17, 15) is 15.0 Å². The molecule has 0 saturated carbocycles. The van der Waals surface area contributed by atoms with Gasteiger partial charge in [-0.1, -0.05) is 36.4 Å². The zero-order chi connectivity index (χ0) is 21.1. The number of hydrogen-bond acceptors (Lipinski definition) is 5. The quantitative estimate of drug-likeness (QED) is 0.292. The molecule has 0 amide bonds. The number of fused-ring (bicyclic) bond motifs is 5. The molecule has 0 spiro atoms. The normalized spacial score (nSPS) is 32.7. The molecule has 3 aliphatic heterocycles. The van der Waals surface area contributed by atoms with Gasteiger partial charge >= 0.3 is 5.97 Å². The van der Waals surface area contributed by atoms with E-state index in [1.807, 2.05) is 18.2 Å². The van der Waals surface area contributed by atoms with Crippen LogP contribution >= 0.6 is 0 Å². The van der Waals surface area contributed by atoms with Crippen LogP contribution in [0.3, 0.4) is 0 Å². The van der Waals surface area contributed by atoms with Gasteiger partial charge in [-0.2, -0.15) is 0 Å². The van der Waals surface area contributed by atoms with Crippen LogP contribution in [-0.2, 0) is 20.7 Å². The molecule has 3 N–H and O–H groups in total. The number of phenolic OH excluding ortho intramolecular Hbond substituents is 1. The van der Waals surface area contributed by atoms with Crippen molar-refractivity contribution in [3.05, 3.63) is 54.1 Å². The van der Waals surface area contributed by atoms with E-state index in [1.54, 1.807) is 12.1 Å². The van der Waals surface area contributed by atoms with Crippen LogP contribution in [0.5, 0.6) is 5.75 Å². The number of aliphatic carboxylic acids is 1. The van der Waals surface area contributed by atoms with Crippen molar-refractivity contribution >= 4 is 5.97 Å². The number of aromatic hydroxyl groups is 1. The van der Waals surface area contributed by atoms with Gasteiger partial charge in [-0.05, 0) is 49.8 Å². The Hall–Kier alpha value is -2.15. The SMILES string of the molecule is O=C(O)CCC/C=C\C[C@H]1[C@@H](/C=C/[C@H](O)CCc2ccc(O)cc2)[C@@H]2O[C@@H]1[C@H]1O[C@H]12. The Morgan fingerprint density at radius 1 is 1.07 bits per heavy atom. The third-order valence-electron chi connectivity index (χ3n) is 6.38. The number of aliphatic hydroxyl groups is 1. The summed E-state index contributed by atoms with van der Waals surface area (Å²) in [6.07, 6.45) is 12.2. The van der Waals surface area contributed by atoms with E-state index in [0.717, 1.165) is 24.8 Å². The minimum atomic E-state index is -0.754. The van der Waals surface area contributed by atoms with Gasteiger partial charge in [0.25, 0.3) is 0 Å². The summed E-state index contributed by atoms with van der Waals surface area (Å²) >= 11 is 0. The zero-order valence-corrected chi connectivity index (χ0v) is 17.0. The third kappa shape index (κ3) is 4.94. The summed E-state index contributed by atoms with van der Waals surface area (Å²) in [7, 11) is 0. The van der Waals surface area contributed by atoms with Gasteiger partial charge in [0.15, 0.2) is 0 Å². The number of benzene rings is 1. The van der Waals surface area contributed by atoms with Crippen LogP contribution in [0.25, 0.3) is 0 Å². The van der Waals surface area contributed by atoms with Gasteiger partial charge in [0, 0.05) is 18.3 Å². The van der Waals surface area contributed by atoms with Crippen molar-refractivity contribution in [2.45, 2.75) is 69.0 Å². The fraction of sp³-hybridized carbons (Fsp3) is 0.542. The van der Waals surface area contributed by atoms with Crippen molar-refractivity contribution in [2.75, 3.05) is 0 Å². The molecule has 30 heavy (non-hydrogen) atoms. The monoisotopic (exact) mass is 414 g/mol. The number of aliphatic hydroxyl groups excluding tert-OH is 1. The van der Waals surface area contributed by atoms with Crippen LogP contribution in [0.1, 0.15) is 37.7 Å². The molecule has 1 aromatic rings. The fourth-order valence-corrected chi connectivity index (χ4v) is 4.73. The van der Waals surface area contributed by atoms with Crippen LogP contribution in [0.15, 0.2) is 48.6 Å². The van der Waals surface area contributed by atoms with E-state index in [4.69, 9.17) is 14.6 Å². The molecule has 3 aliphatic rings. The van der Waals surface area contributed by atoms with Crippen LogP contribution in [0, 0.1) is 11.8 Å². The Balaban J connectivity index is 1.28. The lowest BCUT2D eigenvalue weighted by molar-refractivity contribution is -0.137. The second-order valence-electron chi connectivity index (χ2n) is 8.52. The maximum Gasteiger partial charge on any atom is 0.303 e. The maximum atomic E-state index is 10.6. The molecule has 0 radical (unpaired) electrons. The van der Waals surface area contributed by atoms with Gasteiger partial charge in [0.2, 0.25) is 0 Å². The van der Waals surface area contributed by atoms with Crippen LogP contribution in [-0.4, -0.2) is 51.8 Å². The first-order valence-electron chi connectivity index (χ1n) is 10.8. The van der Waals surface area contributed by atoms with E-state index in [0.29, 0.717) is 18.8 Å². The summed E-state index contributed by atoms with van der Waals surface area (Å²) in [6.45, 7) is 0. The summed E-state index contributed by atoms with van der Waals surface area (Å²) in [5.41, 5.74) is 1.09. The molecule has 1 aromatic carbocycles. The Bertz CT molecular complexity index is 785. The second kappa shape index (κ2) is 9.33. The third-order valence-corrected chi connectivity index (χ3v) is 6.38. The predicted molar refractivity (Wildman–Crippen MR) is 111 cm³/mol. The van der Waals surface area contributed by atoms with Crippen LogP contribution < -0.4 is 0 Å². The Labute approximate surface area is 176 Å². The highest BCUT2D eigenvalue weighted by molar-refractivity contribution is 5.66. The van der Waals surface area contributed by atoms with Crippen molar-refractivity contribution in [2.24, 2.45) is 11.8 Å². The lowest BCUT2D eigenvalue weighted by Crippen LogP contribution is -2.31. The number of carboxylic acid groups (broad SMARTS) is 1. The summed E-state index contributed by atoms with van der Waals surface area (Å²) in [5.74, 6) is 0.0508. The number of carboxylic acids is 1. The number of hydrogen-bond donors (Lipinski definition) is 3. The highest BCUT2D eigenvalue weighted by Crippen LogP contribution is 2.55. The van der Waals surface area contributed by atoms with Gasteiger partial charge in [0.05, 0.1) is 18.3 Å². The molecule has 2 bridgehead atoms. The van der Waals surface area contributed by atoms with E-state index >= 15 is 0 Å². The van der Waals surface area contributed by atoms with Crippen molar-refractivity contribution in [1.29, 1.82) is 0 Å². The van der Waals surface area contributed by atoms with Crippen LogP contribution in [0.2, 0.25) is 0 Å². The first kappa shape index (κ1) is 21.1. The predicted octanol–water partition coefficient (Wildman–Crippen LogP) is 3.22. The van der Waals surface area contributed by atoms with Gasteiger partial charge in [-0.3, -0.25) is 4.79 Å². The summed E-state index contributed by atoms with van der Waals surface area (Å²) in [4.78, 5) is 10.6. The molecule has 0 unspecified atom stereocenters. The molecule has 0 aromatic heterocycles. The molecule has 3 saturated heterocycles. The Morgan fingerprint density at radius 2 is 1.80 bits per heavy atom. The van der Waals surface area contributed by atoms with Crippen molar-refractivity contribution in [1.82, 2.24) is 0 Å². The molecule has 7 atom stereocenters. The number of unbranched alkanes of at least 4 members (excludes halogenated alkanes) is 1. The molecular formula is C24H30O6. The van der Waals surface area contributed by atoms with Gasteiger partial charge in [0.1, 0.15) is 18.0 Å². The number of allylic oxidation sites excluding steroid dienone is 2. The average molecular weight is 414 g/mol. The smallest absolute Gasteiger partial charge is 0.303 e. The highest BCUT2D eigenvalue weighted by Gasteiger charge is 2.68. The maximum absolute atomic E-state index is 10.6. The lowest BCUT2D eigenvalue weighted by Gasteiger charge is -2.22. The highest BCUT2D eigenvalue weighted by atomic mass is 16.7. The number of phenols is 1. The van der Waals surface area contributed by atoms with Gasteiger partial charge in [-0.15, -0.1) is 0 Å². The minimum absolute atomic E-state index is 0.0750. The molecule has 0 aliphatic carbocycles. The number of carbonyl (C=O) groups is 1. The topological polar surface area (TPSA) is 99.5 Å². The number of epoxide rings is 1. The summed E-state index contributed by atoms with van der Waals surface area (Å²) < 4.78 is 11.9. The summed E-state index contributed by atoms with van der Waals surface area (Å²) in [5, 5.41) is 28.5. The number of ether oxygens (including phenoxy) is 2. The van der Waals surface area contributed by atoms with Crippen LogP contribution in [0.4, 0.5) is 0 Å². The number of rotatable bonds is 11. The largest absolute Gasteiger partial charge is 0.508 e. The van der Waals surface area contributed by atoms with Crippen molar-refractivity contribution in [3.63, 3.8) is 0 Å². The first-order chi connectivity index (χ1) is 14.5. The molecule has 162 valence electrons. The number of aryl methyl sites for hydroxylation is 1. The van der Waals surface area contributed by atoms with E-state index in [1.165, 1.54) is 0 Å². The molecule has 3 heterocycles. The first-order valence-corrected chi connectivity index (χ1v) is 10.8. The molecule has 3 fully saturated rings. The standard InChI is InChI=1S/C24H30O6/c25-16-10-7-15(8-11-16)9-12-17(26)13-14-19-18(5-3-1-2-4-6-20(27)28)21-23-24(30-23)22(19)29-21/h1,3,7-8,10-11,13-14,17-19,21-26H,2,4-6,9,12H2,(H,27,28)/b3-1-,14-13+/t17-,18+,19-,21+,22+,23-,24+/m1/s1. The Kier molecular flexibility index (Phi) is 6.56. The molecule has 6 nitrogen and oxygen atoms in total. The summed E-state index contributed by atoms with van der Waals surface area (Å²) in [6, 6.07) is 7.07. The fourth-order valence-electron chi connectivity index (χ4n) is 4.73. The van der Waals surface area contributed by atoms with E-state index in [2.05, 4.69) is 18.2 Å². The second-order valence-corrected chi connectivity index (χ2v) is 8.52. The van der Waals surface area contributed by atoms with Gasteiger partial charge < -0.3 is 24.8 Å². The van der Waals surface area contributed by atoms with Gasteiger partial charge in [-0.25, -0.2) is 0 Å². The zero-order valence-electron chi connectivity index (χ0n) is 17.0. The minimum Gasteiger partial charge on any atom is -0.508 e. The Morgan fingerprint density at radius 3 is 2.57 bits per heavy atom. The molecule has 6 heteroatoms. The van der Waals surface area contributed by atoms with E-state index < -0.39 is 12.1 Å². The molecule has 4 rings (SSSR count). The average Bonchev–Trinajstić information content (AvgIpc) is 3.35. The molecular weight excluding hydrogens is 384 g/mol.